The molecular formula is C15H19N3OS. The van der Waals surface area contributed by atoms with Crippen molar-refractivity contribution in [1.82, 2.24) is 9.38 Å². The zero-order valence-corrected chi connectivity index (χ0v) is 12.3. The maximum atomic E-state index is 11.5. The highest BCUT2D eigenvalue weighted by Crippen LogP contribution is 2.38. The molecule has 2 aromatic heterocycles. The van der Waals surface area contributed by atoms with Crippen LogP contribution in [0.5, 0.6) is 0 Å². The molecule has 20 heavy (non-hydrogen) atoms. The minimum absolute atomic E-state index is 0.598. The van der Waals surface area contributed by atoms with Crippen LogP contribution in [0, 0.1) is 5.92 Å². The van der Waals surface area contributed by atoms with Crippen LogP contribution in [0.25, 0.3) is 4.96 Å². The zero-order valence-electron chi connectivity index (χ0n) is 11.5. The van der Waals surface area contributed by atoms with E-state index in [-0.39, 0.29) is 0 Å². The largest absolute Gasteiger partial charge is 0.351 e. The van der Waals surface area contributed by atoms with Crippen LogP contribution < -0.4 is 4.90 Å². The molecule has 106 valence electrons. The monoisotopic (exact) mass is 289 g/mol. The van der Waals surface area contributed by atoms with Crippen molar-refractivity contribution in [2.45, 2.75) is 44.6 Å². The molecule has 1 saturated heterocycles. The molecule has 4 nitrogen and oxygen atoms in total. The summed E-state index contributed by atoms with van der Waals surface area (Å²) in [7, 11) is 0. The van der Waals surface area contributed by atoms with E-state index in [0.717, 1.165) is 35.2 Å². The van der Waals surface area contributed by atoms with Crippen LogP contribution >= 0.6 is 11.3 Å². The standard InChI is InChI=1S/C15H19N3OS/c19-10-13-14(16-15-18(13)8-9-20-15)17-7-3-6-12(17)11-4-1-2-5-11/h8-12H,1-7H2. The van der Waals surface area contributed by atoms with Gasteiger partial charge in [0, 0.05) is 24.2 Å². The summed E-state index contributed by atoms with van der Waals surface area (Å²) in [4.78, 5) is 19.6. The van der Waals surface area contributed by atoms with Gasteiger partial charge in [0.2, 0.25) is 0 Å². The smallest absolute Gasteiger partial charge is 0.196 e. The van der Waals surface area contributed by atoms with Crippen LogP contribution in [0.2, 0.25) is 0 Å². The van der Waals surface area contributed by atoms with E-state index < -0.39 is 0 Å². The molecular weight excluding hydrogens is 270 g/mol. The first-order valence-corrected chi connectivity index (χ1v) is 8.44. The molecule has 2 aliphatic rings. The summed E-state index contributed by atoms with van der Waals surface area (Å²) in [6.45, 7) is 1.05. The van der Waals surface area contributed by atoms with Crippen LogP contribution in [-0.4, -0.2) is 28.3 Å². The van der Waals surface area contributed by atoms with Crippen LogP contribution in [0.4, 0.5) is 5.82 Å². The number of hydrogen-bond acceptors (Lipinski definition) is 4. The third-order valence-electron chi connectivity index (χ3n) is 4.91. The fraction of sp³-hybridized carbons (Fsp3) is 0.600. The number of rotatable bonds is 3. The van der Waals surface area contributed by atoms with E-state index in [4.69, 9.17) is 4.98 Å². The highest BCUT2D eigenvalue weighted by atomic mass is 32.1. The summed E-state index contributed by atoms with van der Waals surface area (Å²) in [6, 6.07) is 0.598. The Hall–Kier alpha value is -1.36. The lowest BCUT2D eigenvalue weighted by atomic mass is 9.96. The normalized spacial score (nSPS) is 24.0. The van der Waals surface area contributed by atoms with Gasteiger partial charge in [-0.3, -0.25) is 9.20 Å². The van der Waals surface area contributed by atoms with E-state index in [0.29, 0.717) is 6.04 Å². The Morgan fingerprint density at radius 3 is 2.90 bits per heavy atom. The third-order valence-corrected chi connectivity index (χ3v) is 5.66. The average molecular weight is 289 g/mol. The summed E-state index contributed by atoms with van der Waals surface area (Å²) in [5.74, 6) is 1.72. The lowest BCUT2D eigenvalue weighted by Gasteiger charge is -2.29. The lowest BCUT2D eigenvalue weighted by Crippen LogP contribution is -2.35. The first-order chi connectivity index (χ1) is 9.88. The van der Waals surface area contributed by atoms with Gasteiger partial charge >= 0.3 is 0 Å². The molecule has 0 spiro atoms. The second kappa shape index (κ2) is 4.88. The Bertz CT molecular complexity index is 626. The Morgan fingerprint density at radius 2 is 2.10 bits per heavy atom. The summed E-state index contributed by atoms with van der Waals surface area (Å²) in [6.07, 6.45) is 10.8. The van der Waals surface area contributed by atoms with Gasteiger partial charge in [0.25, 0.3) is 0 Å². The van der Waals surface area contributed by atoms with Crippen molar-refractivity contribution in [2.24, 2.45) is 5.92 Å². The fourth-order valence-electron chi connectivity index (χ4n) is 4.00. The minimum Gasteiger partial charge on any atom is -0.351 e. The van der Waals surface area contributed by atoms with E-state index in [1.807, 2.05) is 16.0 Å². The molecule has 4 rings (SSSR count). The Labute approximate surface area is 122 Å². The topological polar surface area (TPSA) is 37.6 Å². The van der Waals surface area contributed by atoms with Gasteiger partial charge in [-0.15, -0.1) is 11.3 Å². The zero-order chi connectivity index (χ0) is 13.5. The Balaban J connectivity index is 1.73. The van der Waals surface area contributed by atoms with E-state index in [1.54, 1.807) is 11.3 Å². The molecule has 1 aliphatic heterocycles. The molecule has 0 amide bonds. The van der Waals surface area contributed by atoms with Gasteiger partial charge in [-0.25, -0.2) is 4.98 Å². The quantitative estimate of drug-likeness (QED) is 0.813. The molecule has 1 saturated carbocycles. The second-order valence-electron chi connectivity index (χ2n) is 5.94. The molecule has 5 heteroatoms. The van der Waals surface area contributed by atoms with Gasteiger partial charge in [-0.1, -0.05) is 12.8 Å². The summed E-state index contributed by atoms with van der Waals surface area (Å²) in [5, 5.41) is 1.98. The number of thiazole rings is 1. The summed E-state index contributed by atoms with van der Waals surface area (Å²) in [5.41, 5.74) is 0.728. The molecule has 3 heterocycles. The minimum atomic E-state index is 0.598. The first kappa shape index (κ1) is 12.4. The highest BCUT2D eigenvalue weighted by molar-refractivity contribution is 7.15. The summed E-state index contributed by atoms with van der Waals surface area (Å²) >= 11 is 1.60. The Morgan fingerprint density at radius 1 is 1.25 bits per heavy atom. The van der Waals surface area contributed by atoms with E-state index >= 15 is 0 Å². The molecule has 1 aliphatic carbocycles. The highest BCUT2D eigenvalue weighted by Gasteiger charge is 2.35. The second-order valence-corrected chi connectivity index (χ2v) is 6.81. The molecule has 0 bridgehead atoms. The average Bonchev–Trinajstić information content (AvgIpc) is 3.21. The number of nitrogens with zero attached hydrogens (tertiary/aromatic N) is 3. The predicted octanol–water partition coefficient (Wildman–Crippen LogP) is 3.37. The van der Waals surface area contributed by atoms with Crippen LogP contribution in [0.1, 0.15) is 49.0 Å². The van der Waals surface area contributed by atoms with Crippen LogP contribution in [-0.2, 0) is 0 Å². The van der Waals surface area contributed by atoms with Crippen molar-refractivity contribution in [1.29, 1.82) is 0 Å². The molecule has 0 radical (unpaired) electrons. The van der Waals surface area contributed by atoms with Crippen molar-refractivity contribution in [3.63, 3.8) is 0 Å². The van der Waals surface area contributed by atoms with Gasteiger partial charge in [-0.2, -0.15) is 0 Å². The predicted molar refractivity (Wildman–Crippen MR) is 80.8 cm³/mol. The molecule has 0 aromatic carbocycles. The van der Waals surface area contributed by atoms with Gasteiger partial charge in [0.15, 0.2) is 17.1 Å². The van der Waals surface area contributed by atoms with Crippen molar-refractivity contribution >= 4 is 28.4 Å². The number of carbonyl (C=O) groups excluding carboxylic acids is 1. The van der Waals surface area contributed by atoms with E-state index in [1.165, 1.54) is 38.5 Å². The number of carbonyl (C=O) groups is 1. The van der Waals surface area contributed by atoms with Gasteiger partial charge < -0.3 is 4.90 Å². The van der Waals surface area contributed by atoms with Crippen molar-refractivity contribution in [2.75, 3.05) is 11.4 Å². The van der Waals surface area contributed by atoms with Crippen LogP contribution in [0.3, 0.4) is 0 Å². The Kier molecular flexibility index (Phi) is 3.02. The number of aromatic nitrogens is 2. The SMILES string of the molecule is O=Cc1c(N2CCCC2C2CCCC2)nc2sccn12. The number of aldehydes is 1. The van der Waals surface area contributed by atoms with Gasteiger partial charge in [-0.05, 0) is 31.6 Å². The first-order valence-electron chi connectivity index (χ1n) is 7.56. The molecule has 1 atom stereocenters. The number of imidazole rings is 1. The van der Waals surface area contributed by atoms with Gasteiger partial charge in [0.05, 0.1) is 0 Å². The maximum Gasteiger partial charge on any atom is 0.196 e. The maximum absolute atomic E-state index is 11.5. The lowest BCUT2D eigenvalue weighted by molar-refractivity contribution is 0.111. The van der Waals surface area contributed by atoms with Gasteiger partial charge in [0.1, 0.15) is 5.69 Å². The third kappa shape index (κ3) is 1.79. The number of fused-ring (bicyclic) bond motifs is 1. The molecule has 2 fully saturated rings. The fourth-order valence-corrected chi connectivity index (χ4v) is 4.72. The number of anilines is 1. The van der Waals surface area contributed by atoms with E-state index in [2.05, 4.69) is 4.90 Å². The molecule has 1 unspecified atom stereocenters. The molecule has 0 N–H and O–H groups in total. The van der Waals surface area contributed by atoms with Crippen molar-refractivity contribution < 1.29 is 4.79 Å². The van der Waals surface area contributed by atoms with Crippen molar-refractivity contribution in [3.8, 4) is 0 Å². The molecule has 2 aromatic rings. The van der Waals surface area contributed by atoms with Crippen LogP contribution in [0.15, 0.2) is 11.6 Å². The number of hydrogen-bond donors (Lipinski definition) is 0. The summed E-state index contributed by atoms with van der Waals surface area (Å²) < 4.78 is 1.93. The van der Waals surface area contributed by atoms with Crippen molar-refractivity contribution in [3.05, 3.63) is 17.3 Å². The van der Waals surface area contributed by atoms with E-state index in [9.17, 15) is 4.79 Å².